The number of hydrogen-bond donors (Lipinski definition) is 1. The van der Waals surface area contributed by atoms with Crippen LogP contribution in [0, 0.1) is 17.5 Å². The fraction of sp³-hybridized carbons (Fsp3) is 0.280. The zero-order valence-corrected chi connectivity index (χ0v) is 17.5. The minimum atomic E-state index is -1.05. The van der Waals surface area contributed by atoms with Crippen LogP contribution in [0.5, 0.6) is 11.5 Å². The first kappa shape index (κ1) is 22.7. The summed E-state index contributed by atoms with van der Waals surface area (Å²) in [5.41, 5.74) is 1.07. The molecule has 0 aromatic heterocycles. The van der Waals surface area contributed by atoms with E-state index in [0.717, 1.165) is 0 Å². The second-order valence-corrected chi connectivity index (χ2v) is 7.13. The van der Waals surface area contributed by atoms with Crippen molar-refractivity contribution in [3.8, 4) is 22.6 Å². The van der Waals surface area contributed by atoms with Crippen molar-refractivity contribution in [2.75, 3.05) is 6.61 Å². The van der Waals surface area contributed by atoms with Gasteiger partial charge in [-0.05, 0) is 43.2 Å². The van der Waals surface area contributed by atoms with Crippen LogP contribution in [0.15, 0.2) is 54.6 Å². The summed E-state index contributed by atoms with van der Waals surface area (Å²) >= 11 is 0. The first-order valence-corrected chi connectivity index (χ1v) is 10.2. The molecule has 0 bridgehead atoms. The Labute approximate surface area is 180 Å². The maximum absolute atomic E-state index is 14.4. The Kier molecular flexibility index (Phi) is 7.58. The molecule has 0 aliphatic carbocycles. The SMILES string of the molecule is CCCC(O)c1ccc(COc2ccc(-c3ccc(OCC)cc3F)cc2)c(F)c1F. The third-order valence-electron chi connectivity index (χ3n) is 4.92. The third-order valence-corrected chi connectivity index (χ3v) is 4.92. The van der Waals surface area contributed by atoms with Crippen LogP contribution in [0.25, 0.3) is 11.1 Å². The number of halogens is 3. The molecular formula is C25H25F3O3. The number of rotatable bonds is 9. The van der Waals surface area contributed by atoms with Gasteiger partial charge in [-0.3, -0.25) is 0 Å². The molecule has 0 aliphatic heterocycles. The predicted octanol–water partition coefficient (Wildman–Crippen LogP) is 6.58. The first-order chi connectivity index (χ1) is 14.9. The van der Waals surface area contributed by atoms with Gasteiger partial charge in [-0.1, -0.05) is 37.6 Å². The van der Waals surface area contributed by atoms with Crippen molar-refractivity contribution in [3.05, 3.63) is 83.2 Å². The van der Waals surface area contributed by atoms with Crippen molar-refractivity contribution < 1.29 is 27.8 Å². The van der Waals surface area contributed by atoms with E-state index in [4.69, 9.17) is 9.47 Å². The van der Waals surface area contributed by atoms with E-state index in [0.29, 0.717) is 42.1 Å². The van der Waals surface area contributed by atoms with Gasteiger partial charge in [0, 0.05) is 22.8 Å². The molecule has 164 valence electrons. The average molecular weight is 430 g/mol. The summed E-state index contributed by atoms with van der Waals surface area (Å²) in [4.78, 5) is 0. The maximum atomic E-state index is 14.4. The molecule has 3 aromatic carbocycles. The lowest BCUT2D eigenvalue weighted by atomic mass is 10.0. The normalized spacial score (nSPS) is 11.9. The summed E-state index contributed by atoms with van der Waals surface area (Å²) in [6.07, 6.45) is -0.0260. The molecule has 31 heavy (non-hydrogen) atoms. The predicted molar refractivity (Wildman–Crippen MR) is 114 cm³/mol. The molecule has 0 saturated carbocycles. The Morgan fingerprint density at radius 3 is 2.19 bits per heavy atom. The summed E-state index contributed by atoms with van der Waals surface area (Å²) in [5.74, 6) is -1.58. The molecule has 3 nitrogen and oxygen atoms in total. The Morgan fingerprint density at radius 1 is 0.839 bits per heavy atom. The molecule has 0 amide bonds. The highest BCUT2D eigenvalue weighted by Crippen LogP contribution is 2.29. The first-order valence-electron chi connectivity index (χ1n) is 10.2. The van der Waals surface area contributed by atoms with E-state index in [2.05, 4.69) is 0 Å². The zero-order valence-electron chi connectivity index (χ0n) is 17.5. The van der Waals surface area contributed by atoms with Crippen LogP contribution < -0.4 is 9.47 Å². The topological polar surface area (TPSA) is 38.7 Å². The van der Waals surface area contributed by atoms with Gasteiger partial charge in [0.1, 0.15) is 23.9 Å². The second kappa shape index (κ2) is 10.4. The molecule has 0 radical (unpaired) electrons. The lowest BCUT2D eigenvalue weighted by molar-refractivity contribution is 0.160. The summed E-state index contributed by atoms with van der Waals surface area (Å²) in [7, 11) is 0. The van der Waals surface area contributed by atoms with E-state index in [9.17, 15) is 18.3 Å². The Bertz CT molecular complexity index is 1020. The summed E-state index contributed by atoms with van der Waals surface area (Å²) in [6.45, 7) is 3.96. The maximum Gasteiger partial charge on any atom is 0.165 e. The van der Waals surface area contributed by atoms with Gasteiger partial charge in [0.2, 0.25) is 0 Å². The fourth-order valence-corrected chi connectivity index (χ4v) is 3.28. The standard InChI is InChI=1S/C25H25F3O3/c1-3-5-23(29)21-12-8-17(24(27)25(21)28)15-31-18-9-6-16(7-10-18)20-13-11-19(30-4-2)14-22(20)26/h6-14,23,29H,3-5,15H2,1-2H3. The Balaban J connectivity index is 1.69. The average Bonchev–Trinajstić information content (AvgIpc) is 2.76. The van der Waals surface area contributed by atoms with Crippen molar-refractivity contribution in [2.24, 2.45) is 0 Å². The smallest absolute Gasteiger partial charge is 0.165 e. The van der Waals surface area contributed by atoms with Crippen LogP contribution in [0.3, 0.4) is 0 Å². The molecule has 1 atom stereocenters. The van der Waals surface area contributed by atoms with Crippen molar-refractivity contribution >= 4 is 0 Å². The third kappa shape index (κ3) is 5.39. The second-order valence-electron chi connectivity index (χ2n) is 7.13. The lowest BCUT2D eigenvalue weighted by Gasteiger charge is -2.14. The fourth-order valence-electron chi connectivity index (χ4n) is 3.28. The highest BCUT2D eigenvalue weighted by atomic mass is 19.2. The number of aliphatic hydroxyl groups is 1. The molecule has 0 spiro atoms. The number of hydrogen-bond acceptors (Lipinski definition) is 3. The van der Waals surface area contributed by atoms with Crippen molar-refractivity contribution in [3.63, 3.8) is 0 Å². The largest absolute Gasteiger partial charge is 0.494 e. The van der Waals surface area contributed by atoms with Gasteiger partial charge in [-0.2, -0.15) is 0 Å². The van der Waals surface area contributed by atoms with Crippen LogP contribution in [0.4, 0.5) is 13.2 Å². The molecule has 3 rings (SSSR count). The van der Waals surface area contributed by atoms with Crippen molar-refractivity contribution in [1.29, 1.82) is 0 Å². The van der Waals surface area contributed by atoms with Gasteiger partial charge in [0.25, 0.3) is 0 Å². The molecule has 0 saturated heterocycles. The Hall–Kier alpha value is -2.99. The molecule has 6 heteroatoms. The Morgan fingerprint density at radius 2 is 1.55 bits per heavy atom. The summed E-state index contributed by atoms with van der Waals surface area (Å²) < 4.78 is 53.8. The van der Waals surface area contributed by atoms with Gasteiger partial charge in [0.15, 0.2) is 11.6 Å². The molecule has 0 aliphatic rings. The molecule has 0 heterocycles. The van der Waals surface area contributed by atoms with E-state index >= 15 is 0 Å². The van der Waals surface area contributed by atoms with Crippen LogP contribution in [0.1, 0.15) is 43.9 Å². The summed E-state index contributed by atoms with van der Waals surface area (Å²) in [5, 5.41) is 9.93. The number of benzene rings is 3. The van der Waals surface area contributed by atoms with Gasteiger partial charge in [0.05, 0.1) is 12.7 Å². The van der Waals surface area contributed by atoms with Crippen LogP contribution in [-0.4, -0.2) is 11.7 Å². The van der Waals surface area contributed by atoms with Crippen LogP contribution in [0.2, 0.25) is 0 Å². The highest BCUT2D eigenvalue weighted by Gasteiger charge is 2.18. The minimum Gasteiger partial charge on any atom is -0.494 e. The van der Waals surface area contributed by atoms with Crippen molar-refractivity contribution in [1.82, 2.24) is 0 Å². The minimum absolute atomic E-state index is 0.0478. The highest BCUT2D eigenvalue weighted by molar-refractivity contribution is 5.65. The van der Waals surface area contributed by atoms with E-state index in [1.54, 1.807) is 36.4 Å². The van der Waals surface area contributed by atoms with Crippen LogP contribution in [-0.2, 0) is 6.61 Å². The van der Waals surface area contributed by atoms with Crippen LogP contribution >= 0.6 is 0 Å². The van der Waals surface area contributed by atoms with Gasteiger partial charge in [-0.15, -0.1) is 0 Å². The molecule has 3 aromatic rings. The lowest BCUT2D eigenvalue weighted by Crippen LogP contribution is -2.07. The zero-order chi connectivity index (χ0) is 22.4. The monoisotopic (exact) mass is 430 g/mol. The van der Waals surface area contributed by atoms with E-state index in [1.165, 1.54) is 18.2 Å². The summed E-state index contributed by atoms with van der Waals surface area (Å²) in [6, 6.07) is 14.1. The molecule has 1 unspecified atom stereocenters. The van der Waals surface area contributed by atoms with Crippen molar-refractivity contribution in [2.45, 2.75) is 39.4 Å². The number of ether oxygens (including phenoxy) is 2. The van der Waals surface area contributed by atoms with Gasteiger partial charge >= 0.3 is 0 Å². The van der Waals surface area contributed by atoms with E-state index < -0.39 is 23.6 Å². The quantitative estimate of drug-likeness (QED) is 0.417. The number of aliphatic hydroxyl groups excluding tert-OH is 1. The van der Waals surface area contributed by atoms with E-state index in [1.807, 2.05) is 13.8 Å². The van der Waals surface area contributed by atoms with Gasteiger partial charge < -0.3 is 14.6 Å². The molecule has 1 N–H and O–H groups in total. The van der Waals surface area contributed by atoms with Gasteiger partial charge in [-0.25, -0.2) is 13.2 Å². The molecular weight excluding hydrogens is 405 g/mol. The van der Waals surface area contributed by atoms with E-state index in [-0.39, 0.29) is 17.7 Å². The molecule has 0 fully saturated rings.